The fourth-order valence-electron chi connectivity index (χ4n) is 3.97. The van der Waals surface area contributed by atoms with E-state index in [9.17, 15) is 14.7 Å². The molecule has 0 radical (unpaired) electrons. The Kier molecular flexibility index (Phi) is 6.43. The number of carbonyl (C=O) groups is 2. The SMILES string of the molecule is CC(=O)N1CC(Nc2cc(C(=O)NC[C@@H](O)CN3CCc4ccccc4C3)ncn2)C1. The number of aliphatic hydroxyl groups is 1. The van der Waals surface area contributed by atoms with Crippen molar-refractivity contribution in [1.82, 2.24) is 25.1 Å². The molecule has 9 heteroatoms. The largest absolute Gasteiger partial charge is 0.390 e. The highest BCUT2D eigenvalue weighted by atomic mass is 16.3. The van der Waals surface area contributed by atoms with Crippen molar-refractivity contribution < 1.29 is 14.7 Å². The van der Waals surface area contributed by atoms with E-state index in [1.165, 1.54) is 17.5 Å². The van der Waals surface area contributed by atoms with Gasteiger partial charge in [0.15, 0.2) is 0 Å². The summed E-state index contributed by atoms with van der Waals surface area (Å²) in [7, 11) is 0. The zero-order chi connectivity index (χ0) is 21.8. The van der Waals surface area contributed by atoms with E-state index >= 15 is 0 Å². The molecular weight excluding hydrogens is 396 g/mol. The van der Waals surface area contributed by atoms with Crippen LogP contribution in [0.15, 0.2) is 36.7 Å². The molecule has 2 aliphatic rings. The van der Waals surface area contributed by atoms with E-state index in [4.69, 9.17) is 0 Å². The third-order valence-electron chi connectivity index (χ3n) is 5.76. The lowest BCUT2D eigenvalue weighted by molar-refractivity contribution is -0.132. The fraction of sp³-hybridized carbons (Fsp3) is 0.455. The molecule has 164 valence electrons. The molecule has 0 spiro atoms. The maximum atomic E-state index is 12.5. The number of benzene rings is 1. The van der Waals surface area contributed by atoms with Crippen LogP contribution in [0.4, 0.5) is 5.82 Å². The van der Waals surface area contributed by atoms with Crippen molar-refractivity contribution in [2.45, 2.75) is 32.0 Å². The van der Waals surface area contributed by atoms with Crippen molar-refractivity contribution >= 4 is 17.6 Å². The summed E-state index contributed by atoms with van der Waals surface area (Å²) in [6.07, 6.45) is 1.64. The van der Waals surface area contributed by atoms with Crippen LogP contribution in [0.25, 0.3) is 0 Å². The number of nitrogens with zero attached hydrogens (tertiary/aromatic N) is 4. The molecule has 2 aromatic rings. The molecule has 1 atom stereocenters. The molecule has 0 unspecified atom stereocenters. The van der Waals surface area contributed by atoms with E-state index in [1.54, 1.807) is 17.9 Å². The average Bonchev–Trinajstić information content (AvgIpc) is 2.74. The van der Waals surface area contributed by atoms with Gasteiger partial charge in [0, 0.05) is 52.3 Å². The highest BCUT2D eigenvalue weighted by Gasteiger charge is 2.28. The maximum Gasteiger partial charge on any atom is 0.270 e. The molecule has 1 saturated heterocycles. The van der Waals surface area contributed by atoms with Gasteiger partial charge in [-0.3, -0.25) is 14.5 Å². The second kappa shape index (κ2) is 9.40. The Labute approximate surface area is 181 Å². The molecule has 1 fully saturated rings. The third kappa shape index (κ3) is 5.36. The number of β-amino-alcohol motifs (C(OH)–C–C–N with tert-alkyl or cyclic N) is 1. The number of likely N-dealkylation sites (tertiary alicyclic amines) is 1. The molecule has 31 heavy (non-hydrogen) atoms. The van der Waals surface area contributed by atoms with Crippen LogP contribution in [0.5, 0.6) is 0 Å². The summed E-state index contributed by atoms with van der Waals surface area (Å²) < 4.78 is 0. The van der Waals surface area contributed by atoms with Crippen LogP contribution in [0.3, 0.4) is 0 Å². The summed E-state index contributed by atoms with van der Waals surface area (Å²) in [5, 5.41) is 16.4. The highest BCUT2D eigenvalue weighted by Crippen LogP contribution is 2.18. The van der Waals surface area contributed by atoms with Gasteiger partial charge >= 0.3 is 0 Å². The molecule has 1 aromatic heterocycles. The van der Waals surface area contributed by atoms with Crippen molar-refractivity contribution in [3.05, 3.63) is 53.5 Å². The Morgan fingerprint density at radius 3 is 2.77 bits per heavy atom. The number of amides is 2. The van der Waals surface area contributed by atoms with Gasteiger partial charge in [0.2, 0.25) is 5.91 Å². The highest BCUT2D eigenvalue weighted by molar-refractivity contribution is 5.92. The van der Waals surface area contributed by atoms with Crippen LogP contribution in [0.1, 0.15) is 28.5 Å². The second-order valence-corrected chi connectivity index (χ2v) is 8.17. The normalized spacial score (nSPS) is 17.4. The van der Waals surface area contributed by atoms with E-state index < -0.39 is 6.10 Å². The van der Waals surface area contributed by atoms with Gasteiger partial charge in [0.25, 0.3) is 5.91 Å². The molecule has 1 aromatic carbocycles. The van der Waals surface area contributed by atoms with E-state index in [0.29, 0.717) is 25.5 Å². The van der Waals surface area contributed by atoms with Gasteiger partial charge in [-0.15, -0.1) is 0 Å². The summed E-state index contributed by atoms with van der Waals surface area (Å²) in [5.74, 6) is 0.237. The van der Waals surface area contributed by atoms with Gasteiger partial charge in [-0.25, -0.2) is 9.97 Å². The summed E-state index contributed by atoms with van der Waals surface area (Å²) >= 11 is 0. The first-order chi connectivity index (χ1) is 15.0. The van der Waals surface area contributed by atoms with E-state index in [1.807, 2.05) is 6.07 Å². The predicted octanol–water partition coefficient (Wildman–Crippen LogP) is 0.268. The topological polar surface area (TPSA) is 111 Å². The van der Waals surface area contributed by atoms with Crippen molar-refractivity contribution in [2.75, 3.05) is 38.0 Å². The molecule has 2 amide bonds. The zero-order valence-corrected chi connectivity index (χ0v) is 17.6. The minimum Gasteiger partial charge on any atom is -0.390 e. The molecule has 0 aliphatic carbocycles. The minimum absolute atomic E-state index is 0.0492. The van der Waals surface area contributed by atoms with Crippen LogP contribution in [-0.2, 0) is 17.8 Å². The number of fused-ring (bicyclic) bond motifs is 1. The lowest BCUT2D eigenvalue weighted by Crippen LogP contribution is -2.56. The van der Waals surface area contributed by atoms with Gasteiger partial charge in [0.1, 0.15) is 17.8 Å². The Morgan fingerprint density at radius 1 is 1.23 bits per heavy atom. The maximum absolute atomic E-state index is 12.5. The predicted molar refractivity (Wildman–Crippen MR) is 115 cm³/mol. The zero-order valence-electron chi connectivity index (χ0n) is 17.6. The molecule has 0 saturated carbocycles. The smallest absolute Gasteiger partial charge is 0.270 e. The van der Waals surface area contributed by atoms with Gasteiger partial charge in [-0.05, 0) is 17.5 Å². The fourth-order valence-corrected chi connectivity index (χ4v) is 3.97. The van der Waals surface area contributed by atoms with Crippen molar-refractivity contribution in [3.8, 4) is 0 Å². The third-order valence-corrected chi connectivity index (χ3v) is 5.76. The summed E-state index contributed by atoms with van der Waals surface area (Å²) in [5.41, 5.74) is 2.90. The van der Waals surface area contributed by atoms with Crippen LogP contribution < -0.4 is 10.6 Å². The number of aromatic nitrogens is 2. The monoisotopic (exact) mass is 424 g/mol. The number of hydrogen-bond donors (Lipinski definition) is 3. The first-order valence-corrected chi connectivity index (χ1v) is 10.6. The van der Waals surface area contributed by atoms with Gasteiger partial charge in [0.05, 0.1) is 12.1 Å². The first kappa shape index (κ1) is 21.2. The summed E-state index contributed by atoms with van der Waals surface area (Å²) in [4.78, 5) is 35.8. The van der Waals surface area contributed by atoms with Gasteiger partial charge in [-0.1, -0.05) is 24.3 Å². The number of hydrogen-bond acceptors (Lipinski definition) is 7. The molecule has 2 aliphatic heterocycles. The second-order valence-electron chi connectivity index (χ2n) is 8.17. The molecule has 3 heterocycles. The molecule has 9 nitrogen and oxygen atoms in total. The number of carbonyl (C=O) groups excluding carboxylic acids is 2. The Morgan fingerprint density at radius 2 is 2.00 bits per heavy atom. The lowest BCUT2D eigenvalue weighted by atomic mass is 10.00. The van der Waals surface area contributed by atoms with Crippen LogP contribution >= 0.6 is 0 Å². The Bertz CT molecular complexity index is 946. The minimum atomic E-state index is -0.666. The molecule has 0 bridgehead atoms. The number of aliphatic hydroxyl groups excluding tert-OH is 1. The lowest BCUT2D eigenvalue weighted by Gasteiger charge is -2.39. The molecule has 4 rings (SSSR count). The molecule has 3 N–H and O–H groups in total. The van der Waals surface area contributed by atoms with E-state index in [2.05, 4.69) is 43.7 Å². The number of nitrogens with one attached hydrogen (secondary N) is 2. The van der Waals surface area contributed by atoms with E-state index in [-0.39, 0.29) is 30.1 Å². The van der Waals surface area contributed by atoms with E-state index in [0.717, 1.165) is 19.5 Å². The van der Waals surface area contributed by atoms with Gasteiger partial charge in [-0.2, -0.15) is 0 Å². The van der Waals surface area contributed by atoms with Crippen molar-refractivity contribution in [2.24, 2.45) is 0 Å². The quantitative estimate of drug-likeness (QED) is 0.585. The number of rotatable bonds is 7. The first-order valence-electron chi connectivity index (χ1n) is 10.6. The van der Waals surface area contributed by atoms with Crippen LogP contribution in [-0.4, -0.2) is 81.6 Å². The molecular formula is C22H28N6O3. The van der Waals surface area contributed by atoms with Crippen molar-refractivity contribution in [3.63, 3.8) is 0 Å². The summed E-state index contributed by atoms with van der Waals surface area (Å²) in [6, 6.07) is 10.1. The van der Waals surface area contributed by atoms with Gasteiger partial charge < -0.3 is 20.6 Å². The number of anilines is 1. The van der Waals surface area contributed by atoms with Crippen LogP contribution in [0, 0.1) is 0 Å². The average molecular weight is 425 g/mol. The van der Waals surface area contributed by atoms with Crippen LogP contribution in [0.2, 0.25) is 0 Å². The van der Waals surface area contributed by atoms with Crippen molar-refractivity contribution in [1.29, 1.82) is 0 Å². The Balaban J connectivity index is 1.23. The Hall–Kier alpha value is -3.04. The standard InChI is InChI=1S/C22H28N6O3/c1-15(29)28-11-18(12-28)26-21-8-20(24-14-25-21)22(31)23-9-19(30)13-27-7-6-16-4-2-3-5-17(16)10-27/h2-5,8,14,18-19,30H,6-7,9-13H2,1H3,(H,23,31)(H,24,25,26)/t19-/m1/s1. The summed E-state index contributed by atoms with van der Waals surface area (Å²) in [6.45, 7) is 5.14.